The summed E-state index contributed by atoms with van der Waals surface area (Å²) in [7, 11) is 1.47. The summed E-state index contributed by atoms with van der Waals surface area (Å²) in [4.78, 5) is 11.4. The van der Waals surface area contributed by atoms with E-state index in [2.05, 4.69) is 5.32 Å². The van der Waals surface area contributed by atoms with Gasteiger partial charge in [0.15, 0.2) is 0 Å². The SMILES string of the molecule is COc1cccc(C#N)c1NC(=O)C(C)N. The number of ether oxygens (including phenoxy) is 1. The van der Waals surface area contributed by atoms with E-state index < -0.39 is 6.04 Å². The van der Waals surface area contributed by atoms with E-state index >= 15 is 0 Å². The molecule has 1 aromatic carbocycles. The lowest BCUT2D eigenvalue weighted by Gasteiger charge is -2.12. The molecule has 1 amide bonds. The number of carbonyl (C=O) groups is 1. The summed E-state index contributed by atoms with van der Waals surface area (Å²) in [6.07, 6.45) is 0. The number of benzene rings is 1. The fraction of sp³-hybridized carbons (Fsp3) is 0.273. The number of para-hydroxylation sites is 1. The van der Waals surface area contributed by atoms with Crippen molar-refractivity contribution in [3.8, 4) is 11.8 Å². The van der Waals surface area contributed by atoms with Gasteiger partial charge in [0.2, 0.25) is 5.91 Å². The van der Waals surface area contributed by atoms with E-state index in [1.54, 1.807) is 25.1 Å². The second-order valence-corrected chi connectivity index (χ2v) is 3.27. The summed E-state index contributed by atoms with van der Waals surface area (Å²) < 4.78 is 5.06. The normalized spacial score (nSPS) is 11.4. The van der Waals surface area contributed by atoms with Crippen LogP contribution in [0.5, 0.6) is 5.75 Å². The molecule has 0 bridgehead atoms. The highest BCUT2D eigenvalue weighted by Crippen LogP contribution is 2.27. The van der Waals surface area contributed by atoms with Crippen molar-refractivity contribution in [3.63, 3.8) is 0 Å². The number of carbonyl (C=O) groups excluding carboxylic acids is 1. The number of methoxy groups -OCH3 is 1. The van der Waals surface area contributed by atoms with Crippen LogP contribution in [-0.4, -0.2) is 19.1 Å². The minimum atomic E-state index is -0.642. The van der Waals surface area contributed by atoms with Crippen molar-refractivity contribution in [2.75, 3.05) is 12.4 Å². The van der Waals surface area contributed by atoms with Gasteiger partial charge in [-0.3, -0.25) is 4.79 Å². The zero-order chi connectivity index (χ0) is 12.1. The zero-order valence-electron chi connectivity index (χ0n) is 9.15. The highest BCUT2D eigenvalue weighted by molar-refractivity contribution is 5.97. The molecule has 1 aromatic rings. The number of anilines is 1. The molecule has 0 aliphatic carbocycles. The van der Waals surface area contributed by atoms with Crippen LogP contribution in [0.25, 0.3) is 0 Å². The van der Waals surface area contributed by atoms with E-state index in [-0.39, 0.29) is 5.91 Å². The van der Waals surface area contributed by atoms with Crippen LogP contribution in [0.15, 0.2) is 18.2 Å². The van der Waals surface area contributed by atoms with Crippen LogP contribution in [0.2, 0.25) is 0 Å². The van der Waals surface area contributed by atoms with E-state index in [0.717, 1.165) is 0 Å². The number of nitrogens with one attached hydrogen (secondary N) is 1. The van der Waals surface area contributed by atoms with Crippen molar-refractivity contribution in [2.24, 2.45) is 5.73 Å². The summed E-state index contributed by atoms with van der Waals surface area (Å²) in [5.74, 6) is 0.0778. The van der Waals surface area contributed by atoms with Crippen LogP contribution in [0.1, 0.15) is 12.5 Å². The molecule has 0 saturated carbocycles. The van der Waals surface area contributed by atoms with Crippen molar-refractivity contribution in [1.82, 2.24) is 0 Å². The molecule has 0 spiro atoms. The summed E-state index contributed by atoms with van der Waals surface area (Å²) in [6.45, 7) is 1.57. The minimum Gasteiger partial charge on any atom is -0.495 e. The molecule has 0 heterocycles. The van der Waals surface area contributed by atoms with Gasteiger partial charge in [-0.2, -0.15) is 5.26 Å². The Morgan fingerprint density at radius 3 is 2.81 bits per heavy atom. The molecule has 0 radical (unpaired) electrons. The van der Waals surface area contributed by atoms with Crippen LogP contribution in [-0.2, 0) is 4.79 Å². The van der Waals surface area contributed by atoms with Crippen molar-refractivity contribution in [3.05, 3.63) is 23.8 Å². The maximum absolute atomic E-state index is 11.4. The Labute approximate surface area is 93.8 Å². The second-order valence-electron chi connectivity index (χ2n) is 3.27. The second kappa shape index (κ2) is 5.14. The topological polar surface area (TPSA) is 88.1 Å². The lowest BCUT2D eigenvalue weighted by Crippen LogP contribution is -2.32. The average Bonchev–Trinajstić information content (AvgIpc) is 2.29. The number of nitrogens with zero attached hydrogens (tertiary/aromatic N) is 1. The number of nitriles is 1. The van der Waals surface area contributed by atoms with Gasteiger partial charge in [-0.05, 0) is 19.1 Å². The van der Waals surface area contributed by atoms with E-state index in [9.17, 15) is 4.79 Å². The Morgan fingerprint density at radius 1 is 1.62 bits per heavy atom. The molecule has 0 fully saturated rings. The largest absolute Gasteiger partial charge is 0.495 e. The van der Waals surface area contributed by atoms with Crippen molar-refractivity contribution in [2.45, 2.75) is 13.0 Å². The lowest BCUT2D eigenvalue weighted by molar-refractivity contribution is -0.117. The first-order valence-corrected chi connectivity index (χ1v) is 4.73. The van der Waals surface area contributed by atoms with Crippen LogP contribution >= 0.6 is 0 Å². The third-order valence-corrected chi connectivity index (χ3v) is 2.03. The first-order chi connectivity index (χ1) is 7.60. The van der Waals surface area contributed by atoms with E-state index in [1.807, 2.05) is 6.07 Å². The number of hydrogen-bond donors (Lipinski definition) is 2. The third kappa shape index (κ3) is 2.49. The summed E-state index contributed by atoms with van der Waals surface area (Å²) in [5.41, 5.74) is 6.13. The zero-order valence-corrected chi connectivity index (χ0v) is 9.15. The predicted octanol–water partition coefficient (Wildman–Crippen LogP) is 0.853. The van der Waals surface area contributed by atoms with Gasteiger partial charge in [-0.15, -0.1) is 0 Å². The number of rotatable bonds is 3. The van der Waals surface area contributed by atoms with Crippen molar-refractivity contribution < 1.29 is 9.53 Å². The standard InChI is InChI=1S/C11H13N3O2/c1-7(13)11(15)14-10-8(6-12)4-3-5-9(10)16-2/h3-5,7H,13H2,1-2H3,(H,14,15). The van der Waals surface area contributed by atoms with Crippen molar-refractivity contribution >= 4 is 11.6 Å². The molecule has 16 heavy (non-hydrogen) atoms. The van der Waals surface area contributed by atoms with Crippen molar-refractivity contribution in [1.29, 1.82) is 5.26 Å². The highest BCUT2D eigenvalue weighted by Gasteiger charge is 2.14. The molecule has 1 atom stereocenters. The number of amides is 1. The minimum absolute atomic E-state index is 0.341. The van der Waals surface area contributed by atoms with Crippen LogP contribution in [0.4, 0.5) is 5.69 Å². The average molecular weight is 219 g/mol. The van der Waals surface area contributed by atoms with Gasteiger partial charge in [-0.1, -0.05) is 6.07 Å². The lowest BCUT2D eigenvalue weighted by atomic mass is 10.1. The van der Waals surface area contributed by atoms with Gasteiger partial charge in [0.25, 0.3) is 0 Å². The van der Waals surface area contributed by atoms with E-state index in [4.69, 9.17) is 15.7 Å². The van der Waals surface area contributed by atoms with Crippen LogP contribution in [0.3, 0.4) is 0 Å². The maximum Gasteiger partial charge on any atom is 0.241 e. The van der Waals surface area contributed by atoms with Gasteiger partial charge in [0.05, 0.1) is 18.7 Å². The molecular formula is C11H13N3O2. The van der Waals surface area contributed by atoms with Gasteiger partial charge in [0, 0.05) is 0 Å². The fourth-order valence-electron chi connectivity index (χ4n) is 1.16. The van der Waals surface area contributed by atoms with E-state index in [0.29, 0.717) is 17.0 Å². The molecule has 5 nitrogen and oxygen atoms in total. The molecule has 0 aliphatic rings. The summed E-state index contributed by atoms with van der Waals surface area (Å²) >= 11 is 0. The number of nitrogens with two attached hydrogens (primary N) is 1. The predicted molar refractivity (Wildman–Crippen MR) is 60.0 cm³/mol. The Balaban J connectivity index is 3.10. The third-order valence-electron chi connectivity index (χ3n) is 2.03. The molecular weight excluding hydrogens is 206 g/mol. The molecule has 1 rings (SSSR count). The van der Waals surface area contributed by atoms with E-state index in [1.165, 1.54) is 7.11 Å². The first kappa shape index (κ1) is 12.0. The molecule has 3 N–H and O–H groups in total. The van der Waals surface area contributed by atoms with Crippen LogP contribution in [0, 0.1) is 11.3 Å². The van der Waals surface area contributed by atoms with Gasteiger partial charge >= 0.3 is 0 Å². The molecule has 84 valence electrons. The van der Waals surface area contributed by atoms with Gasteiger partial charge in [0.1, 0.15) is 17.5 Å². The molecule has 0 saturated heterocycles. The number of hydrogen-bond acceptors (Lipinski definition) is 4. The fourth-order valence-corrected chi connectivity index (χ4v) is 1.16. The Morgan fingerprint density at radius 2 is 2.31 bits per heavy atom. The molecule has 1 unspecified atom stereocenters. The maximum atomic E-state index is 11.4. The summed E-state index contributed by atoms with van der Waals surface area (Å²) in [5, 5.41) is 11.5. The molecule has 0 aromatic heterocycles. The van der Waals surface area contributed by atoms with Gasteiger partial charge in [-0.25, -0.2) is 0 Å². The molecule has 0 aliphatic heterocycles. The first-order valence-electron chi connectivity index (χ1n) is 4.73. The van der Waals surface area contributed by atoms with Gasteiger partial charge < -0.3 is 15.8 Å². The Bertz CT molecular complexity index is 435. The quantitative estimate of drug-likeness (QED) is 0.788. The molecule has 5 heteroatoms. The smallest absolute Gasteiger partial charge is 0.241 e. The highest BCUT2D eigenvalue weighted by atomic mass is 16.5. The Hall–Kier alpha value is -2.06. The monoisotopic (exact) mass is 219 g/mol. The summed E-state index contributed by atoms with van der Waals surface area (Å²) in [6, 6.07) is 6.28. The van der Waals surface area contributed by atoms with Crippen LogP contribution < -0.4 is 15.8 Å². The Kier molecular flexibility index (Phi) is 3.86.